The van der Waals surface area contributed by atoms with E-state index in [4.69, 9.17) is 16.6 Å². The summed E-state index contributed by atoms with van der Waals surface area (Å²) in [6, 6.07) is -0.884. The van der Waals surface area contributed by atoms with E-state index >= 15 is 0 Å². The van der Waals surface area contributed by atoms with Crippen LogP contribution in [-0.2, 0) is 35.2 Å². The molecule has 1 rings (SSSR count). The van der Waals surface area contributed by atoms with Crippen molar-refractivity contribution in [3.05, 3.63) is 29.8 Å². The molecule has 0 aromatic heterocycles. The molecule has 0 bridgehead atoms. The lowest BCUT2D eigenvalue weighted by Crippen LogP contribution is -2.60. The number of aliphatic hydroxyl groups excluding tert-OH is 1. The van der Waals surface area contributed by atoms with Gasteiger partial charge in [0.2, 0.25) is 23.6 Å². The molecule has 4 amide bonds. The zero-order valence-electron chi connectivity index (χ0n) is 19.2. The second-order valence-electron chi connectivity index (χ2n) is 7.93. The highest BCUT2D eigenvalue weighted by molar-refractivity contribution is 5.95. The van der Waals surface area contributed by atoms with Gasteiger partial charge in [-0.15, -0.1) is 0 Å². The summed E-state index contributed by atoms with van der Waals surface area (Å²) in [4.78, 5) is 71.2. The largest absolute Gasteiger partial charge is 0.508 e. The van der Waals surface area contributed by atoms with Gasteiger partial charge < -0.3 is 47.8 Å². The number of aromatic hydroxyl groups is 1. The lowest BCUT2D eigenvalue weighted by molar-refractivity contribution is -0.143. The quantitative estimate of drug-likeness (QED) is 0.118. The summed E-state index contributed by atoms with van der Waals surface area (Å²) in [5, 5.41) is 44.0. The minimum Gasteiger partial charge on any atom is -0.508 e. The summed E-state index contributed by atoms with van der Waals surface area (Å²) in [5.41, 5.74) is 10.9. The summed E-state index contributed by atoms with van der Waals surface area (Å²) in [6.07, 6.45) is -3.21. The van der Waals surface area contributed by atoms with Crippen LogP contribution in [0.4, 0.5) is 0 Å². The molecule has 198 valence electrons. The third kappa shape index (κ3) is 9.94. The fourth-order valence-electron chi connectivity index (χ4n) is 2.96. The number of hydrogen-bond donors (Lipinski definition) is 9. The van der Waals surface area contributed by atoms with Gasteiger partial charge >= 0.3 is 11.9 Å². The first-order chi connectivity index (χ1) is 16.7. The molecule has 0 spiro atoms. The first-order valence-electron chi connectivity index (χ1n) is 10.6. The molecule has 0 saturated carbocycles. The molecule has 15 heteroatoms. The summed E-state index contributed by atoms with van der Waals surface area (Å²) in [6.45, 7) is 1.15. The minimum absolute atomic E-state index is 0.0780. The summed E-state index contributed by atoms with van der Waals surface area (Å²) in [5.74, 6) is -7.15. The van der Waals surface area contributed by atoms with E-state index in [9.17, 15) is 44.1 Å². The SMILES string of the molecule is CC(O)C(NC(=O)C(N)CC(=O)O)C(=O)NC(Cc1ccc(O)cc1)C(=O)NC(CC(N)=O)C(=O)O. The number of phenols is 1. The number of nitrogens with two attached hydrogens (primary N) is 2. The number of carbonyl (C=O) groups excluding carboxylic acids is 4. The van der Waals surface area contributed by atoms with Crippen molar-refractivity contribution in [3.8, 4) is 5.75 Å². The first kappa shape index (κ1) is 29.8. The van der Waals surface area contributed by atoms with Crippen LogP contribution >= 0.6 is 0 Å². The fourth-order valence-corrected chi connectivity index (χ4v) is 2.96. The molecule has 0 aliphatic carbocycles. The standard InChI is InChI=1S/C21H29N5O10/c1-9(27)17(26-18(32)12(22)7-16(30)31)20(34)24-13(6-10-2-4-11(28)5-3-10)19(33)25-14(21(35)36)8-15(23)29/h2-5,9,12-14,17,27-28H,6-8,22H2,1H3,(H2,23,29)(H,24,34)(H,25,33)(H,26,32)(H,30,31)(H,35,36). The van der Waals surface area contributed by atoms with Crippen LogP contribution in [0.1, 0.15) is 25.3 Å². The zero-order chi connectivity index (χ0) is 27.6. The van der Waals surface area contributed by atoms with Gasteiger partial charge in [-0.2, -0.15) is 0 Å². The number of aliphatic carboxylic acids is 2. The molecular weight excluding hydrogens is 482 g/mol. The number of carboxylic acids is 2. The molecule has 1 aromatic rings. The van der Waals surface area contributed by atoms with Crippen LogP contribution in [0.2, 0.25) is 0 Å². The summed E-state index contributed by atoms with van der Waals surface area (Å²) in [7, 11) is 0. The van der Waals surface area contributed by atoms with Crippen molar-refractivity contribution in [2.75, 3.05) is 0 Å². The zero-order valence-corrected chi connectivity index (χ0v) is 19.2. The monoisotopic (exact) mass is 511 g/mol. The Morgan fingerprint density at radius 1 is 0.861 bits per heavy atom. The van der Waals surface area contributed by atoms with Gasteiger partial charge in [0.25, 0.3) is 0 Å². The van der Waals surface area contributed by atoms with E-state index in [1.807, 2.05) is 0 Å². The van der Waals surface area contributed by atoms with Gasteiger partial charge in [-0.25, -0.2) is 4.79 Å². The van der Waals surface area contributed by atoms with Crippen molar-refractivity contribution in [1.29, 1.82) is 0 Å². The number of phenolic OH excluding ortho intramolecular Hbond substituents is 1. The summed E-state index contributed by atoms with van der Waals surface area (Å²) >= 11 is 0. The van der Waals surface area contributed by atoms with Gasteiger partial charge in [-0.05, 0) is 24.6 Å². The predicted molar refractivity (Wildman–Crippen MR) is 121 cm³/mol. The first-order valence-corrected chi connectivity index (χ1v) is 10.6. The average Bonchev–Trinajstić information content (AvgIpc) is 2.76. The third-order valence-corrected chi connectivity index (χ3v) is 4.82. The number of nitrogens with one attached hydrogen (secondary N) is 3. The molecule has 5 unspecified atom stereocenters. The minimum atomic E-state index is -1.70. The topological polar surface area (TPSA) is 271 Å². The molecule has 0 radical (unpaired) electrons. The van der Waals surface area contributed by atoms with Crippen molar-refractivity contribution < 1.29 is 49.2 Å². The molecule has 11 N–H and O–H groups in total. The molecule has 36 heavy (non-hydrogen) atoms. The lowest BCUT2D eigenvalue weighted by Gasteiger charge is -2.26. The van der Waals surface area contributed by atoms with Crippen LogP contribution in [0.3, 0.4) is 0 Å². The van der Waals surface area contributed by atoms with Crippen LogP contribution in [0.5, 0.6) is 5.75 Å². The van der Waals surface area contributed by atoms with Gasteiger partial charge in [0.15, 0.2) is 0 Å². The van der Waals surface area contributed by atoms with Crippen LogP contribution in [0.25, 0.3) is 0 Å². The number of primary amides is 1. The molecule has 0 aliphatic rings. The van der Waals surface area contributed by atoms with Crippen molar-refractivity contribution in [2.24, 2.45) is 11.5 Å². The van der Waals surface area contributed by atoms with Crippen molar-refractivity contribution in [1.82, 2.24) is 16.0 Å². The maximum atomic E-state index is 12.9. The van der Waals surface area contributed by atoms with Crippen LogP contribution in [0, 0.1) is 0 Å². The second-order valence-corrected chi connectivity index (χ2v) is 7.93. The van der Waals surface area contributed by atoms with Crippen LogP contribution in [0.15, 0.2) is 24.3 Å². The lowest BCUT2D eigenvalue weighted by atomic mass is 10.0. The third-order valence-electron chi connectivity index (χ3n) is 4.82. The molecule has 0 saturated heterocycles. The van der Waals surface area contributed by atoms with Crippen molar-refractivity contribution in [2.45, 2.75) is 56.5 Å². The van der Waals surface area contributed by atoms with Crippen molar-refractivity contribution >= 4 is 35.6 Å². The Morgan fingerprint density at radius 3 is 1.89 bits per heavy atom. The van der Waals surface area contributed by atoms with E-state index in [0.29, 0.717) is 5.56 Å². The number of amides is 4. The maximum Gasteiger partial charge on any atom is 0.326 e. The van der Waals surface area contributed by atoms with Crippen LogP contribution in [-0.4, -0.2) is 86.3 Å². The number of rotatable bonds is 14. The Labute approximate surface area is 204 Å². The Bertz CT molecular complexity index is 982. The molecule has 0 fully saturated rings. The molecule has 1 aromatic carbocycles. The predicted octanol–water partition coefficient (Wildman–Crippen LogP) is -3.47. The Morgan fingerprint density at radius 2 is 1.42 bits per heavy atom. The highest BCUT2D eigenvalue weighted by Gasteiger charge is 2.33. The normalized spacial score (nSPS) is 14.9. The molecule has 0 aliphatic heterocycles. The highest BCUT2D eigenvalue weighted by Crippen LogP contribution is 2.12. The number of carbonyl (C=O) groups is 6. The van der Waals surface area contributed by atoms with Crippen molar-refractivity contribution in [3.63, 3.8) is 0 Å². The number of aliphatic hydroxyl groups is 1. The van der Waals surface area contributed by atoms with E-state index < -0.39 is 78.7 Å². The van der Waals surface area contributed by atoms with E-state index in [1.165, 1.54) is 24.3 Å². The molecule has 5 atom stereocenters. The Balaban J connectivity index is 3.14. The number of benzene rings is 1. The highest BCUT2D eigenvalue weighted by atomic mass is 16.4. The Hall–Kier alpha value is -4.24. The maximum absolute atomic E-state index is 12.9. The number of hydrogen-bond acceptors (Lipinski definition) is 9. The van der Waals surface area contributed by atoms with Gasteiger partial charge in [-0.1, -0.05) is 12.1 Å². The molecular formula is C21H29N5O10. The van der Waals surface area contributed by atoms with Gasteiger partial charge in [-0.3, -0.25) is 24.0 Å². The van der Waals surface area contributed by atoms with Gasteiger partial charge in [0.1, 0.15) is 23.9 Å². The number of carboxylic acid groups (broad SMARTS) is 2. The van der Waals surface area contributed by atoms with Crippen LogP contribution < -0.4 is 27.4 Å². The fraction of sp³-hybridized carbons (Fsp3) is 0.429. The molecule has 15 nitrogen and oxygen atoms in total. The van der Waals surface area contributed by atoms with E-state index in [2.05, 4.69) is 16.0 Å². The van der Waals surface area contributed by atoms with Gasteiger partial charge in [0.05, 0.1) is 25.0 Å². The van der Waals surface area contributed by atoms with Gasteiger partial charge in [0, 0.05) is 6.42 Å². The average molecular weight is 511 g/mol. The van der Waals surface area contributed by atoms with E-state index in [0.717, 1.165) is 6.92 Å². The second kappa shape index (κ2) is 13.6. The van der Waals surface area contributed by atoms with E-state index in [1.54, 1.807) is 0 Å². The Kier molecular flexibility index (Phi) is 11.3. The summed E-state index contributed by atoms with van der Waals surface area (Å²) < 4.78 is 0. The smallest absolute Gasteiger partial charge is 0.326 e. The molecule has 0 heterocycles. The van der Waals surface area contributed by atoms with E-state index in [-0.39, 0.29) is 12.2 Å².